The quantitative estimate of drug-likeness (QED) is 0.801. The van der Waals surface area contributed by atoms with Gasteiger partial charge in [0.15, 0.2) is 17.5 Å². The number of halogens is 3. The van der Waals surface area contributed by atoms with Crippen LogP contribution in [0.4, 0.5) is 13.2 Å². The Balaban J connectivity index is 2.14. The van der Waals surface area contributed by atoms with Crippen molar-refractivity contribution < 1.29 is 26.7 Å². The number of aliphatic hydroxyl groups is 1. The molecule has 0 aromatic heterocycles. The van der Waals surface area contributed by atoms with Crippen LogP contribution in [0.3, 0.4) is 0 Å². The zero-order valence-corrected chi connectivity index (χ0v) is 10.6. The molecule has 1 fully saturated rings. The number of rotatable bonds is 5. The molecule has 0 saturated heterocycles. The monoisotopic (exact) mass is 295 g/mol. The Kier molecular flexibility index (Phi) is 3.84. The molecule has 1 aliphatic carbocycles. The second-order valence-corrected chi connectivity index (χ2v) is 6.22. The molecular formula is C11H12F3NO3S. The molecule has 2 N–H and O–H groups in total. The summed E-state index contributed by atoms with van der Waals surface area (Å²) in [6.07, 6.45) is 0.815. The van der Waals surface area contributed by atoms with Crippen molar-refractivity contribution in [3.8, 4) is 0 Å². The Hall–Kier alpha value is -1.12. The van der Waals surface area contributed by atoms with Gasteiger partial charge in [-0.15, -0.1) is 0 Å². The Morgan fingerprint density at radius 3 is 2.26 bits per heavy atom. The lowest BCUT2D eigenvalue weighted by Gasteiger charge is -2.11. The summed E-state index contributed by atoms with van der Waals surface area (Å²) in [5.74, 6) is -4.83. The summed E-state index contributed by atoms with van der Waals surface area (Å²) >= 11 is 0. The number of hydrogen-bond donors (Lipinski definition) is 2. The average Bonchev–Trinajstić information content (AvgIpc) is 3.16. The van der Waals surface area contributed by atoms with Crippen molar-refractivity contribution in [2.24, 2.45) is 5.92 Å². The molecule has 2 rings (SSSR count). The lowest BCUT2D eigenvalue weighted by molar-refractivity contribution is 0.155. The van der Waals surface area contributed by atoms with Gasteiger partial charge in [0.25, 0.3) is 0 Å². The largest absolute Gasteiger partial charge is 0.391 e. The van der Waals surface area contributed by atoms with Crippen LogP contribution in [0.15, 0.2) is 17.0 Å². The second kappa shape index (κ2) is 5.10. The first-order chi connectivity index (χ1) is 8.81. The Bertz CT molecular complexity index is 564. The minimum atomic E-state index is -4.18. The fourth-order valence-corrected chi connectivity index (χ4v) is 2.69. The molecule has 1 aromatic carbocycles. The molecule has 1 aromatic rings. The van der Waals surface area contributed by atoms with Crippen molar-refractivity contribution in [3.63, 3.8) is 0 Å². The van der Waals surface area contributed by atoms with E-state index in [0.717, 1.165) is 12.8 Å². The third-order valence-corrected chi connectivity index (χ3v) is 4.32. The molecule has 1 aliphatic rings. The maximum absolute atomic E-state index is 13.0. The van der Waals surface area contributed by atoms with E-state index in [-0.39, 0.29) is 12.5 Å². The van der Waals surface area contributed by atoms with E-state index in [1.165, 1.54) is 0 Å². The Morgan fingerprint density at radius 2 is 1.79 bits per heavy atom. The fourth-order valence-electron chi connectivity index (χ4n) is 1.61. The van der Waals surface area contributed by atoms with E-state index in [4.69, 9.17) is 0 Å². The van der Waals surface area contributed by atoms with Gasteiger partial charge in [-0.25, -0.2) is 26.3 Å². The molecule has 0 amide bonds. The average molecular weight is 295 g/mol. The predicted molar refractivity (Wildman–Crippen MR) is 60.2 cm³/mol. The number of benzene rings is 1. The van der Waals surface area contributed by atoms with Gasteiger partial charge in [-0.05, 0) is 30.9 Å². The number of hydrogen-bond acceptors (Lipinski definition) is 3. The first kappa shape index (κ1) is 14.3. The molecule has 1 atom stereocenters. The smallest absolute Gasteiger partial charge is 0.240 e. The van der Waals surface area contributed by atoms with Gasteiger partial charge in [-0.2, -0.15) is 0 Å². The molecule has 0 bridgehead atoms. The van der Waals surface area contributed by atoms with Crippen LogP contribution in [0.25, 0.3) is 0 Å². The van der Waals surface area contributed by atoms with Crippen LogP contribution < -0.4 is 4.72 Å². The van der Waals surface area contributed by atoms with Gasteiger partial charge in [-0.1, -0.05) is 0 Å². The maximum atomic E-state index is 13.0. The van der Waals surface area contributed by atoms with Crippen LogP contribution in [-0.2, 0) is 10.0 Å². The standard InChI is InChI=1S/C11H12F3NO3S/c12-8-3-7(4-9(13)11(8)14)19(17,18)15-5-10(16)6-1-2-6/h3-4,6,10,15-16H,1-2,5H2/t10-/m1/s1. The minimum absolute atomic E-state index is 0.0596. The van der Waals surface area contributed by atoms with Crippen molar-refractivity contribution in [1.82, 2.24) is 4.72 Å². The molecule has 1 saturated carbocycles. The number of nitrogens with one attached hydrogen (secondary N) is 1. The van der Waals surface area contributed by atoms with Crippen LogP contribution in [0.1, 0.15) is 12.8 Å². The van der Waals surface area contributed by atoms with Crippen molar-refractivity contribution in [2.75, 3.05) is 6.54 Å². The number of aliphatic hydroxyl groups excluding tert-OH is 1. The first-order valence-corrected chi connectivity index (χ1v) is 7.12. The maximum Gasteiger partial charge on any atom is 0.240 e. The van der Waals surface area contributed by atoms with E-state index in [0.29, 0.717) is 12.1 Å². The molecule has 0 aliphatic heterocycles. The van der Waals surface area contributed by atoms with E-state index in [1.807, 2.05) is 4.72 Å². The van der Waals surface area contributed by atoms with Gasteiger partial charge >= 0.3 is 0 Å². The molecule has 0 unspecified atom stereocenters. The molecular weight excluding hydrogens is 283 g/mol. The third kappa shape index (κ3) is 3.26. The highest BCUT2D eigenvalue weighted by atomic mass is 32.2. The highest BCUT2D eigenvalue weighted by Gasteiger charge is 2.30. The van der Waals surface area contributed by atoms with Crippen LogP contribution in [0.5, 0.6) is 0 Å². The van der Waals surface area contributed by atoms with Crippen molar-refractivity contribution in [2.45, 2.75) is 23.8 Å². The molecule has 0 heterocycles. The van der Waals surface area contributed by atoms with Gasteiger partial charge in [-0.3, -0.25) is 0 Å². The lowest BCUT2D eigenvalue weighted by Crippen LogP contribution is -2.33. The van der Waals surface area contributed by atoms with Crippen LogP contribution >= 0.6 is 0 Å². The number of sulfonamides is 1. The fraction of sp³-hybridized carbons (Fsp3) is 0.455. The summed E-state index contributed by atoms with van der Waals surface area (Å²) in [7, 11) is -4.18. The first-order valence-electron chi connectivity index (χ1n) is 5.63. The molecule has 19 heavy (non-hydrogen) atoms. The van der Waals surface area contributed by atoms with E-state index >= 15 is 0 Å². The summed E-state index contributed by atoms with van der Waals surface area (Å²) in [5, 5.41) is 9.52. The van der Waals surface area contributed by atoms with E-state index in [2.05, 4.69) is 0 Å². The van der Waals surface area contributed by atoms with Gasteiger partial charge in [0.05, 0.1) is 11.0 Å². The molecule has 4 nitrogen and oxygen atoms in total. The molecule has 0 spiro atoms. The normalized spacial score (nSPS) is 17.5. The van der Waals surface area contributed by atoms with Crippen molar-refractivity contribution in [1.29, 1.82) is 0 Å². The van der Waals surface area contributed by atoms with Gasteiger partial charge < -0.3 is 5.11 Å². The van der Waals surface area contributed by atoms with Crippen molar-refractivity contribution in [3.05, 3.63) is 29.6 Å². The molecule has 8 heteroatoms. The predicted octanol–water partition coefficient (Wildman–Crippen LogP) is 1.15. The van der Waals surface area contributed by atoms with E-state index < -0.39 is 38.5 Å². The molecule has 106 valence electrons. The van der Waals surface area contributed by atoms with E-state index in [9.17, 15) is 26.7 Å². The van der Waals surface area contributed by atoms with Crippen LogP contribution in [0, 0.1) is 23.4 Å². The van der Waals surface area contributed by atoms with Gasteiger partial charge in [0.1, 0.15) is 0 Å². The Morgan fingerprint density at radius 1 is 1.26 bits per heavy atom. The summed E-state index contributed by atoms with van der Waals surface area (Å²) in [4.78, 5) is -0.716. The molecule has 0 radical (unpaired) electrons. The highest BCUT2D eigenvalue weighted by molar-refractivity contribution is 7.89. The second-order valence-electron chi connectivity index (χ2n) is 4.46. The lowest BCUT2D eigenvalue weighted by atomic mass is 10.2. The van der Waals surface area contributed by atoms with Gasteiger partial charge in [0.2, 0.25) is 10.0 Å². The summed E-state index contributed by atoms with van der Waals surface area (Å²) < 4.78 is 64.1. The van der Waals surface area contributed by atoms with Crippen LogP contribution in [-0.4, -0.2) is 26.2 Å². The van der Waals surface area contributed by atoms with Crippen molar-refractivity contribution >= 4 is 10.0 Å². The SMILES string of the molecule is O=S(=O)(NC[C@@H](O)C1CC1)c1cc(F)c(F)c(F)c1. The van der Waals surface area contributed by atoms with E-state index in [1.54, 1.807) is 0 Å². The minimum Gasteiger partial charge on any atom is -0.391 e. The summed E-state index contributed by atoms with van der Waals surface area (Å²) in [6.45, 7) is -0.242. The summed E-state index contributed by atoms with van der Waals surface area (Å²) in [5.41, 5.74) is 0. The summed E-state index contributed by atoms with van der Waals surface area (Å²) in [6, 6.07) is 0.786. The Labute approximate surface area is 108 Å². The topological polar surface area (TPSA) is 66.4 Å². The third-order valence-electron chi connectivity index (χ3n) is 2.92. The van der Waals surface area contributed by atoms with Gasteiger partial charge in [0, 0.05) is 6.54 Å². The zero-order valence-electron chi connectivity index (χ0n) is 9.74. The zero-order chi connectivity index (χ0) is 14.2. The van der Waals surface area contributed by atoms with Crippen LogP contribution in [0.2, 0.25) is 0 Å². The highest BCUT2D eigenvalue weighted by Crippen LogP contribution is 2.32.